The van der Waals surface area contributed by atoms with Crippen molar-refractivity contribution in [3.8, 4) is 0 Å². The molecule has 0 saturated carbocycles. The average molecular weight is 207 g/mol. The molecule has 82 valence electrons. The van der Waals surface area contributed by atoms with Crippen molar-refractivity contribution in [2.75, 3.05) is 18.5 Å². The SMILES string of the molecule is CCOCCC(=O)Nc1ccc(C)cc1. The summed E-state index contributed by atoms with van der Waals surface area (Å²) < 4.78 is 5.10. The maximum atomic E-state index is 11.4. The van der Waals surface area contributed by atoms with Crippen molar-refractivity contribution in [3.63, 3.8) is 0 Å². The molecule has 0 aromatic heterocycles. The maximum absolute atomic E-state index is 11.4. The normalized spacial score (nSPS) is 10.0. The van der Waals surface area contributed by atoms with E-state index in [0.29, 0.717) is 19.6 Å². The number of carbonyl (C=O) groups excluding carboxylic acids is 1. The lowest BCUT2D eigenvalue weighted by Gasteiger charge is -2.05. The molecule has 0 aliphatic heterocycles. The van der Waals surface area contributed by atoms with Crippen molar-refractivity contribution in [2.24, 2.45) is 0 Å². The first-order chi connectivity index (χ1) is 7.22. The third-order valence-electron chi connectivity index (χ3n) is 2.01. The number of aryl methyl sites for hydroxylation is 1. The number of nitrogens with one attached hydrogen (secondary N) is 1. The lowest BCUT2D eigenvalue weighted by Crippen LogP contribution is -2.14. The Morgan fingerprint density at radius 1 is 1.33 bits per heavy atom. The van der Waals surface area contributed by atoms with Gasteiger partial charge in [0, 0.05) is 12.3 Å². The zero-order valence-electron chi connectivity index (χ0n) is 9.25. The van der Waals surface area contributed by atoms with Crippen molar-refractivity contribution in [1.82, 2.24) is 0 Å². The van der Waals surface area contributed by atoms with Crippen LogP contribution in [0.2, 0.25) is 0 Å². The van der Waals surface area contributed by atoms with Gasteiger partial charge < -0.3 is 10.1 Å². The Labute approximate surface area is 90.4 Å². The molecule has 1 rings (SSSR count). The molecule has 0 fully saturated rings. The first kappa shape index (κ1) is 11.7. The predicted molar refractivity (Wildman–Crippen MR) is 60.9 cm³/mol. The molecule has 0 heterocycles. The quantitative estimate of drug-likeness (QED) is 0.753. The molecule has 3 nitrogen and oxygen atoms in total. The number of ether oxygens (including phenoxy) is 1. The number of hydrogen-bond acceptors (Lipinski definition) is 2. The summed E-state index contributed by atoms with van der Waals surface area (Å²) in [5, 5.41) is 2.81. The van der Waals surface area contributed by atoms with Gasteiger partial charge in [-0.25, -0.2) is 0 Å². The van der Waals surface area contributed by atoms with Crippen LogP contribution in [0.3, 0.4) is 0 Å². The van der Waals surface area contributed by atoms with Gasteiger partial charge in [0.15, 0.2) is 0 Å². The Balaban J connectivity index is 2.34. The van der Waals surface area contributed by atoms with Gasteiger partial charge in [0.05, 0.1) is 13.0 Å². The second-order valence-electron chi connectivity index (χ2n) is 3.36. The van der Waals surface area contributed by atoms with E-state index in [1.54, 1.807) is 0 Å². The maximum Gasteiger partial charge on any atom is 0.226 e. The second kappa shape index (κ2) is 6.19. The monoisotopic (exact) mass is 207 g/mol. The second-order valence-corrected chi connectivity index (χ2v) is 3.36. The molecule has 3 heteroatoms. The molecular formula is C12H17NO2. The van der Waals surface area contributed by atoms with Gasteiger partial charge in [0.2, 0.25) is 5.91 Å². The molecule has 1 aromatic carbocycles. The third-order valence-corrected chi connectivity index (χ3v) is 2.01. The molecule has 0 bridgehead atoms. The summed E-state index contributed by atoms with van der Waals surface area (Å²) >= 11 is 0. The van der Waals surface area contributed by atoms with E-state index >= 15 is 0 Å². The molecule has 1 N–H and O–H groups in total. The summed E-state index contributed by atoms with van der Waals surface area (Å²) in [5.41, 5.74) is 2.02. The molecule has 0 aliphatic rings. The molecule has 0 radical (unpaired) electrons. The number of rotatable bonds is 5. The van der Waals surface area contributed by atoms with Gasteiger partial charge in [-0.05, 0) is 26.0 Å². The topological polar surface area (TPSA) is 38.3 Å². The van der Waals surface area contributed by atoms with E-state index in [9.17, 15) is 4.79 Å². The van der Waals surface area contributed by atoms with Crippen LogP contribution in [0.5, 0.6) is 0 Å². The lowest BCUT2D eigenvalue weighted by molar-refractivity contribution is -0.117. The minimum absolute atomic E-state index is 0.00713. The largest absolute Gasteiger partial charge is 0.381 e. The molecule has 0 aliphatic carbocycles. The standard InChI is InChI=1S/C12H17NO2/c1-3-15-9-8-12(14)13-11-6-4-10(2)5-7-11/h4-7H,3,8-9H2,1-2H3,(H,13,14). The van der Waals surface area contributed by atoms with E-state index in [4.69, 9.17) is 4.74 Å². The first-order valence-electron chi connectivity index (χ1n) is 5.16. The van der Waals surface area contributed by atoms with Gasteiger partial charge in [0.25, 0.3) is 0 Å². The van der Waals surface area contributed by atoms with Gasteiger partial charge in [-0.3, -0.25) is 4.79 Å². The van der Waals surface area contributed by atoms with Gasteiger partial charge in [-0.2, -0.15) is 0 Å². The number of anilines is 1. The van der Waals surface area contributed by atoms with Crippen LogP contribution in [-0.2, 0) is 9.53 Å². The van der Waals surface area contributed by atoms with Gasteiger partial charge in [0.1, 0.15) is 0 Å². The van der Waals surface area contributed by atoms with Crippen LogP contribution in [0.25, 0.3) is 0 Å². The Morgan fingerprint density at radius 2 is 2.00 bits per heavy atom. The van der Waals surface area contributed by atoms with Crippen LogP contribution >= 0.6 is 0 Å². The van der Waals surface area contributed by atoms with Crippen molar-refractivity contribution >= 4 is 11.6 Å². The minimum Gasteiger partial charge on any atom is -0.381 e. The highest BCUT2D eigenvalue weighted by molar-refractivity contribution is 5.90. The molecule has 15 heavy (non-hydrogen) atoms. The Bertz CT molecular complexity index is 306. The summed E-state index contributed by atoms with van der Waals surface area (Å²) in [5.74, 6) is -0.00713. The van der Waals surface area contributed by atoms with E-state index in [1.165, 1.54) is 5.56 Å². The fourth-order valence-electron chi connectivity index (χ4n) is 1.17. The zero-order chi connectivity index (χ0) is 11.1. The van der Waals surface area contributed by atoms with E-state index < -0.39 is 0 Å². The fourth-order valence-corrected chi connectivity index (χ4v) is 1.17. The van der Waals surface area contributed by atoms with E-state index in [1.807, 2.05) is 38.1 Å². The highest BCUT2D eigenvalue weighted by Crippen LogP contribution is 2.08. The lowest BCUT2D eigenvalue weighted by atomic mass is 10.2. The van der Waals surface area contributed by atoms with Crippen molar-refractivity contribution in [3.05, 3.63) is 29.8 Å². The summed E-state index contributed by atoms with van der Waals surface area (Å²) in [6.45, 7) is 5.06. The van der Waals surface area contributed by atoms with Crippen LogP contribution in [0.15, 0.2) is 24.3 Å². The summed E-state index contributed by atoms with van der Waals surface area (Å²) in [7, 11) is 0. The van der Waals surface area contributed by atoms with Crippen LogP contribution in [0.1, 0.15) is 18.9 Å². The number of carbonyl (C=O) groups is 1. The number of hydrogen-bond donors (Lipinski definition) is 1. The number of benzene rings is 1. The van der Waals surface area contributed by atoms with Crippen molar-refractivity contribution in [2.45, 2.75) is 20.3 Å². The van der Waals surface area contributed by atoms with E-state index in [2.05, 4.69) is 5.32 Å². The third kappa shape index (κ3) is 4.61. The van der Waals surface area contributed by atoms with Gasteiger partial charge in [-0.1, -0.05) is 17.7 Å². The molecular weight excluding hydrogens is 190 g/mol. The number of amides is 1. The van der Waals surface area contributed by atoms with Crippen LogP contribution in [0.4, 0.5) is 5.69 Å². The molecule has 1 amide bonds. The van der Waals surface area contributed by atoms with Gasteiger partial charge in [-0.15, -0.1) is 0 Å². The van der Waals surface area contributed by atoms with Gasteiger partial charge >= 0.3 is 0 Å². The molecule has 0 atom stereocenters. The van der Waals surface area contributed by atoms with Crippen molar-refractivity contribution < 1.29 is 9.53 Å². The van der Waals surface area contributed by atoms with E-state index in [-0.39, 0.29) is 5.91 Å². The Hall–Kier alpha value is -1.35. The van der Waals surface area contributed by atoms with E-state index in [0.717, 1.165) is 5.69 Å². The highest BCUT2D eigenvalue weighted by atomic mass is 16.5. The fraction of sp³-hybridized carbons (Fsp3) is 0.417. The Kier molecular flexibility index (Phi) is 4.84. The van der Waals surface area contributed by atoms with Crippen LogP contribution in [0, 0.1) is 6.92 Å². The average Bonchev–Trinajstić information content (AvgIpc) is 2.22. The molecule has 0 unspecified atom stereocenters. The van der Waals surface area contributed by atoms with Crippen LogP contribution < -0.4 is 5.32 Å². The smallest absolute Gasteiger partial charge is 0.226 e. The summed E-state index contributed by atoms with van der Waals surface area (Å²) in [4.78, 5) is 11.4. The van der Waals surface area contributed by atoms with Crippen molar-refractivity contribution in [1.29, 1.82) is 0 Å². The zero-order valence-corrected chi connectivity index (χ0v) is 9.25. The summed E-state index contributed by atoms with van der Waals surface area (Å²) in [6, 6.07) is 7.73. The van der Waals surface area contributed by atoms with Crippen LogP contribution in [-0.4, -0.2) is 19.1 Å². The first-order valence-corrected chi connectivity index (χ1v) is 5.16. The Morgan fingerprint density at radius 3 is 2.60 bits per heavy atom. The minimum atomic E-state index is -0.00713. The highest BCUT2D eigenvalue weighted by Gasteiger charge is 2.01. The summed E-state index contributed by atoms with van der Waals surface area (Å²) in [6.07, 6.45) is 0.404. The molecule has 1 aromatic rings. The predicted octanol–water partition coefficient (Wildman–Crippen LogP) is 2.36. The molecule has 0 spiro atoms. The molecule has 0 saturated heterocycles.